The van der Waals surface area contributed by atoms with Crippen molar-refractivity contribution in [3.63, 3.8) is 0 Å². The second-order valence-corrected chi connectivity index (χ2v) is 7.43. The maximum atomic E-state index is 13.3. The van der Waals surface area contributed by atoms with Crippen molar-refractivity contribution < 1.29 is 23.9 Å². The Hall–Kier alpha value is -3.16. The van der Waals surface area contributed by atoms with Crippen LogP contribution in [0, 0.1) is 0 Å². The first kappa shape index (κ1) is 33.8. The number of hydroxylamine groups is 2. The van der Waals surface area contributed by atoms with Gasteiger partial charge in [0.15, 0.2) is 0 Å². The minimum absolute atomic E-state index is 0.209. The molecule has 0 aromatic heterocycles. The summed E-state index contributed by atoms with van der Waals surface area (Å²) in [4.78, 5) is 27.6. The zero-order valence-corrected chi connectivity index (χ0v) is 23.6. The van der Waals surface area contributed by atoms with Gasteiger partial charge in [0.1, 0.15) is 19.0 Å². The molecule has 0 saturated carbocycles. The van der Waals surface area contributed by atoms with Gasteiger partial charge in [-0.15, -0.1) is 5.06 Å². The van der Waals surface area contributed by atoms with Crippen LogP contribution in [0.5, 0.6) is 0 Å². The van der Waals surface area contributed by atoms with Gasteiger partial charge in [0.25, 0.3) is 0 Å². The summed E-state index contributed by atoms with van der Waals surface area (Å²) in [5.41, 5.74) is 5.12. The molecule has 0 radical (unpaired) electrons. The molecule has 0 bridgehead atoms. The zero-order chi connectivity index (χ0) is 28.1. The molecule has 2 heterocycles. The fourth-order valence-corrected chi connectivity index (χ4v) is 3.66. The second kappa shape index (κ2) is 20.0. The summed E-state index contributed by atoms with van der Waals surface area (Å²) in [6.07, 6.45) is 14.6. The molecule has 2 aliphatic rings. The van der Waals surface area contributed by atoms with Crippen LogP contribution in [0.15, 0.2) is 78.1 Å². The largest absolute Gasteiger partial charge is 0.472 e. The maximum absolute atomic E-state index is 13.3. The summed E-state index contributed by atoms with van der Waals surface area (Å²) >= 11 is 0. The van der Waals surface area contributed by atoms with E-state index in [1.54, 1.807) is 5.06 Å². The molecular formula is C30H46N2O5. The van der Waals surface area contributed by atoms with Crippen LogP contribution in [0.3, 0.4) is 0 Å². The highest BCUT2D eigenvalue weighted by Gasteiger charge is 2.63. The third kappa shape index (κ3) is 9.67. The Morgan fingerprint density at radius 3 is 2.24 bits per heavy atom. The van der Waals surface area contributed by atoms with Crippen molar-refractivity contribution in [1.82, 2.24) is 5.06 Å². The van der Waals surface area contributed by atoms with Gasteiger partial charge in [0.2, 0.25) is 18.2 Å². The predicted octanol–water partition coefficient (Wildman–Crippen LogP) is 6.38. The molecule has 7 nitrogen and oxygen atoms in total. The van der Waals surface area contributed by atoms with Crippen molar-refractivity contribution in [3.8, 4) is 0 Å². The van der Waals surface area contributed by atoms with Gasteiger partial charge < -0.3 is 15.2 Å². The zero-order valence-electron chi connectivity index (χ0n) is 23.6. The molecule has 1 aromatic carbocycles. The van der Waals surface area contributed by atoms with E-state index >= 15 is 0 Å². The summed E-state index contributed by atoms with van der Waals surface area (Å²) in [5, 5.41) is 1.64. The van der Waals surface area contributed by atoms with Crippen LogP contribution in [-0.2, 0) is 30.5 Å². The van der Waals surface area contributed by atoms with Gasteiger partial charge in [-0.1, -0.05) is 102 Å². The van der Waals surface area contributed by atoms with E-state index < -0.39 is 5.54 Å². The molecule has 7 heteroatoms. The van der Waals surface area contributed by atoms with Gasteiger partial charge in [-0.25, -0.2) is 4.79 Å². The molecule has 3 rings (SSSR count). The molecular weight excluding hydrogens is 468 g/mol. The van der Waals surface area contributed by atoms with E-state index in [1.165, 1.54) is 0 Å². The number of nitrogens with two attached hydrogens (primary N) is 1. The summed E-state index contributed by atoms with van der Waals surface area (Å²) in [7, 11) is 0. The Bertz CT molecular complexity index is 892. The standard InChI is InChI=1S/C25H31NO4.2C2H6.CH3NO/c1-4-7-13-20(12-5-2)16-11-17-25(22(6-3)30-23-19-29-26(23)25)24(27)28-18-21-14-9-8-10-15-21;2*1-2;2-1-3/h6-16,23H,4-5,17-19H2,1-3H3;2*1-2H3;1H,(H2,2,3)/b13-7-,16-11+,20-12+,22-6-;;;/t23-,25?;;;/m1.../s1. The third-order valence-electron chi connectivity index (χ3n) is 5.19. The molecule has 2 fully saturated rings. The minimum Gasteiger partial charge on any atom is -0.472 e. The average molecular weight is 515 g/mol. The topological polar surface area (TPSA) is 91.1 Å². The summed E-state index contributed by atoms with van der Waals surface area (Å²) in [5.74, 6) is 0.217. The number of esters is 1. The van der Waals surface area contributed by atoms with Crippen LogP contribution >= 0.6 is 0 Å². The minimum atomic E-state index is -1.10. The predicted molar refractivity (Wildman–Crippen MR) is 150 cm³/mol. The van der Waals surface area contributed by atoms with Gasteiger partial charge in [-0.2, -0.15) is 0 Å². The van der Waals surface area contributed by atoms with Crippen molar-refractivity contribution in [2.45, 2.75) is 86.1 Å². The second-order valence-electron chi connectivity index (χ2n) is 7.43. The first-order valence-corrected chi connectivity index (χ1v) is 13.2. The van der Waals surface area contributed by atoms with E-state index in [4.69, 9.17) is 19.1 Å². The van der Waals surface area contributed by atoms with Crippen LogP contribution in [0.25, 0.3) is 0 Å². The fourth-order valence-electron chi connectivity index (χ4n) is 3.66. The van der Waals surface area contributed by atoms with Crippen molar-refractivity contribution in [2.75, 3.05) is 6.61 Å². The van der Waals surface area contributed by atoms with Crippen LogP contribution in [-0.4, -0.2) is 35.8 Å². The highest BCUT2D eigenvalue weighted by Crippen LogP contribution is 2.45. The monoisotopic (exact) mass is 514 g/mol. The lowest BCUT2D eigenvalue weighted by Gasteiger charge is -2.39. The molecule has 1 unspecified atom stereocenters. The molecule has 0 spiro atoms. The molecule has 206 valence electrons. The lowest BCUT2D eigenvalue weighted by Crippen LogP contribution is -2.60. The lowest BCUT2D eigenvalue weighted by molar-refractivity contribution is -0.343. The smallest absolute Gasteiger partial charge is 0.337 e. The van der Waals surface area contributed by atoms with Gasteiger partial charge >= 0.3 is 5.97 Å². The maximum Gasteiger partial charge on any atom is 0.337 e. The Balaban J connectivity index is 0.00000169. The Morgan fingerprint density at radius 2 is 1.73 bits per heavy atom. The van der Waals surface area contributed by atoms with Crippen LogP contribution in [0.2, 0.25) is 0 Å². The number of rotatable bonds is 9. The normalized spacial score (nSPS) is 21.3. The van der Waals surface area contributed by atoms with Gasteiger partial charge in [-0.3, -0.25) is 9.63 Å². The summed E-state index contributed by atoms with van der Waals surface area (Å²) in [6, 6.07) is 9.67. The number of benzene rings is 1. The summed E-state index contributed by atoms with van der Waals surface area (Å²) in [6.45, 7) is 14.7. The number of carbonyl (C=O) groups is 2. The Kier molecular flexibility index (Phi) is 18.3. The molecule has 2 N–H and O–H groups in total. The van der Waals surface area contributed by atoms with Crippen LogP contribution < -0.4 is 5.73 Å². The van der Waals surface area contributed by atoms with Gasteiger partial charge in [-0.05, 0) is 37.0 Å². The number of hydrogen-bond acceptors (Lipinski definition) is 6. The van der Waals surface area contributed by atoms with Crippen molar-refractivity contribution >= 4 is 12.4 Å². The molecule has 2 atom stereocenters. The number of primary amides is 1. The van der Waals surface area contributed by atoms with Crippen molar-refractivity contribution in [2.24, 2.45) is 5.73 Å². The van der Waals surface area contributed by atoms with Gasteiger partial charge in [0, 0.05) is 6.42 Å². The molecule has 0 aliphatic carbocycles. The van der Waals surface area contributed by atoms with E-state index in [0.29, 0.717) is 18.8 Å². The third-order valence-corrected chi connectivity index (χ3v) is 5.19. The van der Waals surface area contributed by atoms with E-state index in [0.717, 1.165) is 24.0 Å². The van der Waals surface area contributed by atoms with E-state index in [9.17, 15) is 4.79 Å². The highest BCUT2D eigenvalue weighted by molar-refractivity contribution is 5.85. The number of ether oxygens (including phenoxy) is 2. The lowest BCUT2D eigenvalue weighted by atomic mass is 9.91. The van der Waals surface area contributed by atoms with E-state index in [1.807, 2.05) is 83.2 Å². The molecule has 1 amide bonds. The molecule has 2 aliphatic heterocycles. The molecule has 37 heavy (non-hydrogen) atoms. The Labute approximate surface area is 223 Å². The van der Waals surface area contributed by atoms with Crippen molar-refractivity contribution in [1.29, 1.82) is 0 Å². The highest BCUT2D eigenvalue weighted by atomic mass is 16.8. The number of allylic oxidation sites excluding steroid dienone is 6. The number of nitrogens with zero attached hydrogens (tertiary/aromatic N) is 1. The van der Waals surface area contributed by atoms with Crippen molar-refractivity contribution in [3.05, 3.63) is 83.7 Å². The average Bonchev–Trinajstić information content (AvgIpc) is 3.14. The summed E-state index contributed by atoms with van der Waals surface area (Å²) < 4.78 is 11.7. The Morgan fingerprint density at radius 1 is 1.11 bits per heavy atom. The number of fused-ring (bicyclic) bond motifs is 1. The first-order chi connectivity index (χ1) is 18.1. The van der Waals surface area contributed by atoms with Crippen LogP contribution in [0.1, 0.15) is 73.3 Å². The number of hydrogen-bond donors (Lipinski definition) is 1. The molecule has 1 aromatic rings. The van der Waals surface area contributed by atoms with E-state index in [-0.39, 0.29) is 25.2 Å². The van der Waals surface area contributed by atoms with Gasteiger partial charge in [0.05, 0.1) is 0 Å². The molecule has 2 saturated heterocycles. The van der Waals surface area contributed by atoms with E-state index in [2.05, 4.69) is 37.8 Å². The SMILES string of the molecule is C/C=C1\O[C@@H]2CON2C1(C/C=C/C(/C=C\CC)=C/CC)C(=O)OCc1ccccc1.CC.CC.NC=O. The number of carbonyl (C=O) groups excluding carboxylic acids is 2. The number of amides is 1. The fraction of sp³-hybridized carbons (Fsp3) is 0.467. The van der Waals surface area contributed by atoms with Crippen LogP contribution in [0.4, 0.5) is 0 Å². The quantitative estimate of drug-likeness (QED) is 0.234. The first-order valence-electron chi connectivity index (χ1n) is 13.2.